The maximum atomic E-state index is 13.0. The first-order chi connectivity index (χ1) is 14.2. The number of methoxy groups -OCH3 is 2. The Morgan fingerprint density at radius 1 is 0.806 bits per heavy atom. The van der Waals surface area contributed by atoms with E-state index in [0.717, 1.165) is 20.3 Å². The molecule has 0 N–H and O–H groups in total. The fraction of sp³-hybridized carbons (Fsp3) is 0.455. The SMILES string of the molecule is COC(=O)C(C(=O)OC)=C1C=CC=CN1C(=CC(=O)OC(C)(C)C)C(=O)OC(C)(C)C. The average molecular weight is 435 g/mol. The molecule has 0 spiro atoms. The third kappa shape index (κ3) is 7.76. The molecule has 0 radical (unpaired) electrons. The maximum Gasteiger partial charge on any atom is 0.356 e. The standard InChI is InChI=1S/C22H29NO8/c1-21(2,3)30-16(24)13-15(18(25)31-22(4,5)6)23-12-10-9-11-14(23)17(19(26)28-7)20(27)29-8/h9-13H,1-8H3. The molecule has 31 heavy (non-hydrogen) atoms. The fourth-order valence-corrected chi connectivity index (χ4v) is 2.35. The first-order valence-electron chi connectivity index (χ1n) is 9.43. The summed E-state index contributed by atoms with van der Waals surface area (Å²) in [4.78, 5) is 51.2. The molecule has 0 saturated carbocycles. The number of ether oxygens (including phenoxy) is 4. The molecular formula is C22H29NO8. The molecule has 170 valence electrons. The summed E-state index contributed by atoms with van der Waals surface area (Å²) in [7, 11) is 2.20. The van der Waals surface area contributed by atoms with Crippen LogP contribution in [-0.2, 0) is 38.1 Å². The Morgan fingerprint density at radius 3 is 1.77 bits per heavy atom. The molecule has 0 aromatic rings. The summed E-state index contributed by atoms with van der Waals surface area (Å²) in [5.41, 5.74) is -2.47. The highest BCUT2D eigenvalue weighted by atomic mass is 16.6. The molecule has 0 unspecified atom stereocenters. The highest BCUT2D eigenvalue weighted by molar-refractivity contribution is 6.15. The lowest BCUT2D eigenvalue weighted by Gasteiger charge is -2.29. The molecule has 0 aliphatic carbocycles. The van der Waals surface area contributed by atoms with Crippen molar-refractivity contribution in [2.75, 3.05) is 14.2 Å². The predicted molar refractivity (Wildman–Crippen MR) is 111 cm³/mol. The number of hydrogen-bond donors (Lipinski definition) is 0. The van der Waals surface area contributed by atoms with Gasteiger partial charge in [-0.3, -0.25) is 0 Å². The minimum absolute atomic E-state index is 0.0399. The van der Waals surface area contributed by atoms with Crippen LogP contribution < -0.4 is 0 Å². The summed E-state index contributed by atoms with van der Waals surface area (Å²) in [5, 5.41) is 0. The number of rotatable bonds is 5. The molecule has 1 aliphatic rings. The molecule has 1 aliphatic heterocycles. The fourth-order valence-electron chi connectivity index (χ4n) is 2.35. The Balaban J connectivity index is 3.68. The van der Waals surface area contributed by atoms with Crippen LogP contribution in [0.2, 0.25) is 0 Å². The quantitative estimate of drug-likeness (QED) is 0.212. The lowest BCUT2D eigenvalue weighted by Crippen LogP contribution is -2.33. The third-order valence-electron chi connectivity index (χ3n) is 3.42. The zero-order valence-electron chi connectivity index (χ0n) is 19.1. The van der Waals surface area contributed by atoms with Crippen LogP contribution in [0.1, 0.15) is 41.5 Å². The van der Waals surface area contributed by atoms with E-state index in [4.69, 9.17) is 18.9 Å². The van der Waals surface area contributed by atoms with E-state index >= 15 is 0 Å². The van der Waals surface area contributed by atoms with E-state index in [-0.39, 0.29) is 11.4 Å². The first-order valence-corrected chi connectivity index (χ1v) is 9.43. The summed E-state index contributed by atoms with van der Waals surface area (Å²) in [6, 6.07) is 0. The largest absolute Gasteiger partial charge is 0.465 e. The van der Waals surface area contributed by atoms with Crippen molar-refractivity contribution in [3.8, 4) is 0 Å². The summed E-state index contributed by atoms with van der Waals surface area (Å²) in [5.74, 6) is -3.64. The van der Waals surface area contributed by atoms with E-state index in [2.05, 4.69) is 0 Å². The van der Waals surface area contributed by atoms with E-state index < -0.39 is 40.7 Å². The van der Waals surface area contributed by atoms with Gasteiger partial charge in [-0.2, -0.15) is 0 Å². The zero-order valence-corrected chi connectivity index (χ0v) is 19.1. The average Bonchev–Trinajstić information content (AvgIpc) is 2.63. The number of esters is 4. The second-order valence-corrected chi connectivity index (χ2v) is 8.38. The van der Waals surface area contributed by atoms with Gasteiger partial charge in [-0.15, -0.1) is 0 Å². The van der Waals surface area contributed by atoms with Crippen molar-refractivity contribution in [3.05, 3.63) is 47.5 Å². The highest BCUT2D eigenvalue weighted by Crippen LogP contribution is 2.26. The molecule has 9 heteroatoms. The van der Waals surface area contributed by atoms with Crippen LogP contribution in [0, 0.1) is 0 Å². The summed E-state index contributed by atoms with van der Waals surface area (Å²) in [6.07, 6.45) is 6.81. The lowest BCUT2D eigenvalue weighted by molar-refractivity contribution is -0.153. The van der Waals surface area contributed by atoms with Gasteiger partial charge in [-0.25, -0.2) is 19.2 Å². The number of carbonyl (C=O) groups is 4. The molecule has 0 bridgehead atoms. The van der Waals surface area contributed by atoms with Gasteiger partial charge in [0.05, 0.1) is 26.0 Å². The van der Waals surface area contributed by atoms with Crippen LogP contribution >= 0.6 is 0 Å². The summed E-state index contributed by atoms with van der Waals surface area (Å²) < 4.78 is 20.1. The van der Waals surface area contributed by atoms with Crippen LogP contribution in [0.5, 0.6) is 0 Å². The second-order valence-electron chi connectivity index (χ2n) is 8.38. The molecule has 0 saturated heterocycles. The van der Waals surface area contributed by atoms with Gasteiger partial charge in [0, 0.05) is 6.20 Å². The Bertz CT molecular complexity index is 845. The molecule has 1 rings (SSSR count). The topological polar surface area (TPSA) is 108 Å². The van der Waals surface area contributed by atoms with Gasteiger partial charge in [-0.1, -0.05) is 6.08 Å². The summed E-state index contributed by atoms with van der Waals surface area (Å²) >= 11 is 0. The van der Waals surface area contributed by atoms with E-state index in [1.807, 2.05) is 0 Å². The second kappa shape index (κ2) is 10.1. The van der Waals surface area contributed by atoms with Gasteiger partial charge in [-0.05, 0) is 53.7 Å². The van der Waals surface area contributed by atoms with Crippen LogP contribution in [-0.4, -0.2) is 54.2 Å². The van der Waals surface area contributed by atoms with Gasteiger partial charge >= 0.3 is 23.9 Å². The van der Waals surface area contributed by atoms with Crippen molar-refractivity contribution in [2.24, 2.45) is 0 Å². The smallest absolute Gasteiger partial charge is 0.356 e. The zero-order chi connectivity index (χ0) is 24.0. The van der Waals surface area contributed by atoms with E-state index in [1.165, 1.54) is 23.3 Å². The number of carbonyl (C=O) groups excluding carboxylic acids is 4. The number of hydrogen-bond acceptors (Lipinski definition) is 9. The number of nitrogens with zero attached hydrogens (tertiary/aromatic N) is 1. The minimum atomic E-state index is -0.979. The predicted octanol–water partition coefficient (Wildman–Crippen LogP) is 2.54. The van der Waals surface area contributed by atoms with Crippen LogP contribution in [0.15, 0.2) is 47.5 Å². The molecular weight excluding hydrogens is 406 g/mol. The van der Waals surface area contributed by atoms with Crippen LogP contribution in [0.3, 0.4) is 0 Å². The van der Waals surface area contributed by atoms with Crippen molar-refractivity contribution in [1.29, 1.82) is 0 Å². The first kappa shape index (κ1) is 25.7. The lowest BCUT2D eigenvalue weighted by atomic mass is 10.1. The maximum absolute atomic E-state index is 13.0. The van der Waals surface area contributed by atoms with Gasteiger partial charge in [0.1, 0.15) is 16.9 Å². The molecule has 0 atom stereocenters. The molecule has 0 amide bonds. The Morgan fingerprint density at radius 2 is 1.32 bits per heavy atom. The Labute approximate surface area is 181 Å². The molecule has 0 fully saturated rings. The Hall–Kier alpha value is -3.36. The van der Waals surface area contributed by atoms with E-state index in [1.54, 1.807) is 47.6 Å². The monoisotopic (exact) mass is 435 g/mol. The van der Waals surface area contributed by atoms with Gasteiger partial charge < -0.3 is 23.8 Å². The summed E-state index contributed by atoms with van der Waals surface area (Å²) in [6.45, 7) is 10.0. The van der Waals surface area contributed by atoms with E-state index in [9.17, 15) is 19.2 Å². The Kier molecular flexibility index (Phi) is 8.37. The van der Waals surface area contributed by atoms with Gasteiger partial charge in [0.25, 0.3) is 0 Å². The molecule has 0 aromatic carbocycles. The normalized spacial score (nSPS) is 14.1. The van der Waals surface area contributed by atoms with Crippen LogP contribution in [0.25, 0.3) is 0 Å². The highest BCUT2D eigenvalue weighted by Gasteiger charge is 2.33. The minimum Gasteiger partial charge on any atom is -0.465 e. The van der Waals surface area contributed by atoms with Crippen molar-refractivity contribution >= 4 is 23.9 Å². The molecule has 9 nitrogen and oxygen atoms in total. The van der Waals surface area contributed by atoms with Crippen LogP contribution in [0.4, 0.5) is 0 Å². The van der Waals surface area contributed by atoms with Crippen molar-refractivity contribution in [3.63, 3.8) is 0 Å². The van der Waals surface area contributed by atoms with Crippen molar-refractivity contribution in [2.45, 2.75) is 52.7 Å². The van der Waals surface area contributed by atoms with E-state index in [0.29, 0.717) is 0 Å². The van der Waals surface area contributed by atoms with Crippen molar-refractivity contribution < 1.29 is 38.1 Å². The molecule has 0 aromatic heterocycles. The number of allylic oxidation sites excluding steroid dienone is 3. The molecule has 1 heterocycles. The third-order valence-corrected chi connectivity index (χ3v) is 3.42. The van der Waals surface area contributed by atoms with Crippen molar-refractivity contribution in [1.82, 2.24) is 4.90 Å². The van der Waals surface area contributed by atoms with Gasteiger partial charge in [0.2, 0.25) is 0 Å². The van der Waals surface area contributed by atoms with Gasteiger partial charge in [0.15, 0.2) is 5.57 Å².